The van der Waals surface area contributed by atoms with E-state index in [2.05, 4.69) is 0 Å². The van der Waals surface area contributed by atoms with Gasteiger partial charge in [-0.15, -0.1) is 0 Å². The molecule has 0 spiro atoms. The van der Waals surface area contributed by atoms with Crippen LogP contribution in [0.3, 0.4) is 0 Å². The summed E-state index contributed by atoms with van der Waals surface area (Å²) >= 11 is 0. The van der Waals surface area contributed by atoms with Gasteiger partial charge in [-0.1, -0.05) is 0 Å². The molecule has 0 bridgehead atoms. The Hall–Kier alpha value is -1.79. The number of rotatable bonds is 8. The second-order valence-corrected chi connectivity index (χ2v) is 3.36. The SMILES string of the molecule is COc1ccc(C(=O)O)cc1OCCOCCO. The van der Waals surface area contributed by atoms with Crippen LogP contribution in [0.1, 0.15) is 10.4 Å². The number of ether oxygens (including phenoxy) is 3. The second-order valence-electron chi connectivity index (χ2n) is 3.36. The monoisotopic (exact) mass is 256 g/mol. The van der Waals surface area contributed by atoms with Gasteiger partial charge in [0.25, 0.3) is 0 Å². The fourth-order valence-corrected chi connectivity index (χ4v) is 1.30. The summed E-state index contributed by atoms with van der Waals surface area (Å²) in [7, 11) is 1.48. The van der Waals surface area contributed by atoms with E-state index in [1.54, 1.807) is 0 Å². The highest BCUT2D eigenvalue weighted by molar-refractivity contribution is 5.88. The molecule has 0 amide bonds. The van der Waals surface area contributed by atoms with E-state index in [1.165, 1.54) is 25.3 Å². The van der Waals surface area contributed by atoms with Crippen LogP contribution in [0.4, 0.5) is 0 Å². The number of aliphatic hydroxyl groups excluding tert-OH is 1. The number of carboxylic acid groups (broad SMARTS) is 1. The lowest BCUT2D eigenvalue weighted by Gasteiger charge is -2.11. The Morgan fingerprint density at radius 2 is 2.00 bits per heavy atom. The third kappa shape index (κ3) is 4.23. The van der Waals surface area contributed by atoms with E-state index in [0.717, 1.165) is 0 Å². The van der Waals surface area contributed by atoms with Gasteiger partial charge in [-0.05, 0) is 18.2 Å². The Bertz CT molecular complexity index is 390. The highest BCUT2D eigenvalue weighted by atomic mass is 16.5. The average Bonchev–Trinajstić information content (AvgIpc) is 2.38. The van der Waals surface area contributed by atoms with Crippen LogP contribution < -0.4 is 9.47 Å². The maximum absolute atomic E-state index is 10.8. The smallest absolute Gasteiger partial charge is 0.335 e. The van der Waals surface area contributed by atoms with Crippen molar-refractivity contribution in [1.82, 2.24) is 0 Å². The topological polar surface area (TPSA) is 85.2 Å². The molecular weight excluding hydrogens is 240 g/mol. The Labute approximate surface area is 105 Å². The number of hydrogen-bond acceptors (Lipinski definition) is 5. The minimum Gasteiger partial charge on any atom is -0.493 e. The highest BCUT2D eigenvalue weighted by Crippen LogP contribution is 2.27. The third-order valence-corrected chi connectivity index (χ3v) is 2.13. The first-order valence-corrected chi connectivity index (χ1v) is 5.41. The summed E-state index contributed by atoms with van der Waals surface area (Å²) in [6, 6.07) is 4.37. The lowest BCUT2D eigenvalue weighted by Crippen LogP contribution is -2.10. The number of methoxy groups -OCH3 is 1. The molecule has 0 aliphatic heterocycles. The van der Waals surface area contributed by atoms with Gasteiger partial charge < -0.3 is 24.4 Å². The zero-order valence-corrected chi connectivity index (χ0v) is 10.1. The predicted octanol–water partition coefficient (Wildman–Crippen LogP) is 0.781. The van der Waals surface area contributed by atoms with E-state index in [9.17, 15) is 4.79 Å². The minimum atomic E-state index is -1.03. The first-order valence-electron chi connectivity index (χ1n) is 5.41. The molecule has 2 N–H and O–H groups in total. The van der Waals surface area contributed by atoms with E-state index < -0.39 is 5.97 Å². The predicted molar refractivity (Wildman–Crippen MR) is 63.4 cm³/mol. The maximum Gasteiger partial charge on any atom is 0.335 e. The third-order valence-electron chi connectivity index (χ3n) is 2.13. The van der Waals surface area contributed by atoms with Crippen molar-refractivity contribution in [3.05, 3.63) is 23.8 Å². The largest absolute Gasteiger partial charge is 0.493 e. The van der Waals surface area contributed by atoms with Gasteiger partial charge >= 0.3 is 5.97 Å². The summed E-state index contributed by atoms with van der Waals surface area (Å²) in [5, 5.41) is 17.4. The quantitative estimate of drug-likeness (QED) is 0.669. The zero-order chi connectivity index (χ0) is 13.4. The van der Waals surface area contributed by atoms with Crippen LogP contribution >= 0.6 is 0 Å². The normalized spacial score (nSPS) is 10.1. The van der Waals surface area contributed by atoms with Gasteiger partial charge in [0.05, 0.1) is 32.5 Å². The summed E-state index contributed by atoms with van der Waals surface area (Å²) in [4.78, 5) is 10.8. The Kier molecular flexibility index (Phi) is 5.96. The van der Waals surface area contributed by atoms with Crippen LogP contribution in [0, 0.1) is 0 Å². The minimum absolute atomic E-state index is 0.0438. The molecule has 0 fully saturated rings. The molecular formula is C12H16O6. The van der Waals surface area contributed by atoms with Gasteiger partial charge in [-0.2, -0.15) is 0 Å². The molecule has 0 atom stereocenters. The average molecular weight is 256 g/mol. The molecule has 0 aliphatic rings. The number of aromatic carboxylic acids is 1. The first kappa shape index (κ1) is 14.3. The molecule has 1 aromatic carbocycles. The molecule has 1 aromatic rings. The number of aliphatic hydroxyl groups is 1. The Balaban J connectivity index is 2.61. The van der Waals surface area contributed by atoms with Crippen molar-refractivity contribution in [2.24, 2.45) is 0 Å². The first-order chi connectivity index (χ1) is 8.69. The Morgan fingerprint density at radius 1 is 1.22 bits per heavy atom. The van der Waals surface area contributed by atoms with Gasteiger partial charge in [-0.25, -0.2) is 4.79 Å². The van der Waals surface area contributed by atoms with Crippen molar-refractivity contribution in [3.63, 3.8) is 0 Å². The van der Waals surface area contributed by atoms with E-state index in [1.807, 2.05) is 0 Å². The molecule has 6 heteroatoms. The van der Waals surface area contributed by atoms with Crippen LogP contribution in [0.15, 0.2) is 18.2 Å². The fraction of sp³-hybridized carbons (Fsp3) is 0.417. The zero-order valence-electron chi connectivity index (χ0n) is 10.1. The van der Waals surface area contributed by atoms with Crippen molar-refractivity contribution in [2.75, 3.05) is 33.5 Å². The summed E-state index contributed by atoms with van der Waals surface area (Å²) in [5.74, 6) is -0.216. The summed E-state index contributed by atoms with van der Waals surface area (Å²) in [6.45, 7) is 0.758. The number of hydrogen-bond donors (Lipinski definition) is 2. The molecule has 0 unspecified atom stereocenters. The molecule has 0 saturated heterocycles. The molecule has 1 rings (SSSR count). The van der Waals surface area contributed by atoms with Crippen molar-refractivity contribution in [3.8, 4) is 11.5 Å². The Morgan fingerprint density at radius 3 is 2.61 bits per heavy atom. The van der Waals surface area contributed by atoms with Crippen LogP contribution in [0.2, 0.25) is 0 Å². The van der Waals surface area contributed by atoms with Crippen molar-refractivity contribution in [2.45, 2.75) is 0 Å². The van der Waals surface area contributed by atoms with Crippen molar-refractivity contribution < 1.29 is 29.2 Å². The van der Waals surface area contributed by atoms with E-state index >= 15 is 0 Å². The maximum atomic E-state index is 10.8. The molecule has 100 valence electrons. The van der Waals surface area contributed by atoms with Gasteiger partial charge in [0.15, 0.2) is 11.5 Å². The molecule has 18 heavy (non-hydrogen) atoms. The standard InChI is InChI=1S/C12H16O6/c1-16-10-3-2-9(12(14)15)8-11(10)18-7-6-17-5-4-13/h2-3,8,13H,4-7H2,1H3,(H,14,15). The van der Waals surface area contributed by atoms with Crippen LogP contribution in [0.25, 0.3) is 0 Å². The van der Waals surface area contributed by atoms with Crippen molar-refractivity contribution in [1.29, 1.82) is 0 Å². The fourth-order valence-electron chi connectivity index (χ4n) is 1.30. The second kappa shape index (κ2) is 7.52. The van der Waals surface area contributed by atoms with Gasteiger partial charge in [0, 0.05) is 0 Å². The number of carboxylic acids is 1. The molecule has 0 aliphatic carbocycles. The highest BCUT2D eigenvalue weighted by Gasteiger charge is 2.09. The molecule has 6 nitrogen and oxygen atoms in total. The van der Waals surface area contributed by atoms with E-state index in [0.29, 0.717) is 18.1 Å². The van der Waals surface area contributed by atoms with Gasteiger partial charge in [-0.3, -0.25) is 0 Å². The van der Waals surface area contributed by atoms with Gasteiger partial charge in [0.2, 0.25) is 0 Å². The molecule has 0 aromatic heterocycles. The van der Waals surface area contributed by atoms with Gasteiger partial charge in [0.1, 0.15) is 6.61 Å². The molecule has 0 radical (unpaired) electrons. The van der Waals surface area contributed by atoms with E-state index in [4.69, 9.17) is 24.4 Å². The summed E-state index contributed by atoms with van der Waals surface area (Å²) in [6.07, 6.45) is 0. The number of benzene rings is 1. The lowest BCUT2D eigenvalue weighted by atomic mass is 10.2. The summed E-state index contributed by atoms with van der Waals surface area (Å²) in [5.41, 5.74) is 0.127. The molecule has 0 saturated carbocycles. The molecule has 0 heterocycles. The van der Waals surface area contributed by atoms with Crippen LogP contribution in [-0.2, 0) is 4.74 Å². The van der Waals surface area contributed by atoms with E-state index in [-0.39, 0.29) is 25.4 Å². The van der Waals surface area contributed by atoms with Crippen LogP contribution in [0.5, 0.6) is 11.5 Å². The van der Waals surface area contributed by atoms with Crippen LogP contribution in [-0.4, -0.2) is 49.7 Å². The van der Waals surface area contributed by atoms with Crippen molar-refractivity contribution >= 4 is 5.97 Å². The number of carbonyl (C=O) groups is 1. The summed E-state index contributed by atoms with van der Waals surface area (Å²) < 4.78 is 15.5. The lowest BCUT2D eigenvalue weighted by molar-refractivity contribution is 0.0683.